The van der Waals surface area contributed by atoms with Crippen LogP contribution in [0.25, 0.3) is 0 Å². The van der Waals surface area contributed by atoms with E-state index in [-0.39, 0.29) is 36.7 Å². The molecule has 0 heterocycles. The number of rotatable bonds is 4. The van der Waals surface area contributed by atoms with Crippen molar-refractivity contribution >= 4 is 10.0 Å². The first kappa shape index (κ1) is 13.5. The van der Waals surface area contributed by atoms with Crippen LogP contribution in [-0.2, 0) is 10.0 Å². The molecule has 2 N–H and O–H groups in total. The van der Waals surface area contributed by atoms with Crippen LogP contribution in [0.1, 0.15) is 27.6 Å². The van der Waals surface area contributed by atoms with Crippen LogP contribution >= 0.6 is 0 Å². The molecule has 0 bridgehead atoms. The molecule has 0 atom stereocenters. The van der Waals surface area contributed by atoms with Crippen LogP contribution < -0.4 is 34.7 Å². The predicted octanol–water partition coefficient (Wildman–Crippen LogP) is -2.42. The summed E-state index contributed by atoms with van der Waals surface area (Å²) in [6.45, 7) is 2.02. The third kappa shape index (κ3) is 11.7. The Morgan fingerprint density at radius 1 is 1.40 bits per heavy atom. The van der Waals surface area contributed by atoms with Gasteiger partial charge in [-0.3, -0.25) is 0 Å². The van der Waals surface area contributed by atoms with Gasteiger partial charge in [0.1, 0.15) is 0 Å². The van der Waals surface area contributed by atoms with E-state index in [1.54, 1.807) is 0 Å². The van der Waals surface area contributed by atoms with Crippen LogP contribution in [0.2, 0.25) is 0 Å². The summed E-state index contributed by atoms with van der Waals surface area (Å²) in [5.74, 6) is 0.126. The van der Waals surface area contributed by atoms with Crippen LogP contribution in [-0.4, -0.2) is 14.2 Å². The first-order valence-electron chi connectivity index (χ1n) is 3.06. The molecule has 58 valence electrons. The molecule has 0 fully saturated rings. The Kier molecular flexibility index (Phi) is 8.92. The minimum Gasteiger partial charge on any atom is -1.00 e. The fourth-order valence-corrected chi connectivity index (χ4v) is 1.16. The van der Waals surface area contributed by atoms with Crippen molar-refractivity contribution in [2.24, 2.45) is 5.14 Å². The van der Waals surface area contributed by atoms with E-state index in [0.29, 0.717) is 6.42 Å². The number of hydrogen-bond acceptors (Lipinski definition) is 2. The van der Waals surface area contributed by atoms with E-state index in [4.69, 9.17) is 5.14 Å². The smallest absolute Gasteiger partial charge is 1.00 e. The normalized spacial score (nSPS) is 10.6. The standard InChI is InChI=1S/C5H13NO2S.Na.H/c1-2-3-4-5-9(6,7)8;;/h2-5H2,1H3,(H2,6,7,8);;/q;+1;-1. The van der Waals surface area contributed by atoms with E-state index < -0.39 is 10.0 Å². The molecule has 0 saturated carbocycles. The monoisotopic (exact) mass is 175 g/mol. The summed E-state index contributed by atoms with van der Waals surface area (Å²) in [7, 11) is -3.20. The maximum Gasteiger partial charge on any atom is 1.00 e. The van der Waals surface area contributed by atoms with E-state index in [9.17, 15) is 8.42 Å². The summed E-state index contributed by atoms with van der Waals surface area (Å²) in [6.07, 6.45) is 2.65. The van der Waals surface area contributed by atoms with Crippen molar-refractivity contribution in [3.05, 3.63) is 0 Å². The largest absolute Gasteiger partial charge is 1.00 e. The minimum absolute atomic E-state index is 0. The molecule has 0 saturated heterocycles. The zero-order chi connectivity index (χ0) is 7.33. The van der Waals surface area contributed by atoms with Gasteiger partial charge in [0.25, 0.3) is 0 Å². The molecule has 0 aliphatic heterocycles. The quantitative estimate of drug-likeness (QED) is 0.382. The average molecular weight is 175 g/mol. The Labute approximate surface area is 86.2 Å². The van der Waals surface area contributed by atoms with Crippen molar-refractivity contribution in [1.29, 1.82) is 0 Å². The van der Waals surface area contributed by atoms with Gasteiger partial charge in [-0.2, -0.15) is 0 Å². The molecule has 5 heteroatoms. The van der Waals surface area contributed by atoms with E-state index in [1.807, 2.05) is 6.92 Å². The van der Waals surface area contributed by atoms with Gasteiger partial charge >= 0.3 is 29.6 Å². The average Bonchev–Trinajstić information content (AvgIpc) is 1.63. The van der Waals surface area contributed by atoms with E-state index in [1.165, 1.54) is 0 Å². The Hall–Kier alpha value is 0.910. The Morgan fingerprint density at radius 3 is 2.20 bits per heavy atom. The van der Waals surface area contributed by atoms with Crippen molar-refractivity contribution in [3.8, 4) is 0 Å². The van der Waals surface area contributed by atoms with Crippen molar-refractivity contribution in [2.45, 2.75) is 26.2 Å². The molecule has 0 aromatic rings. The molecule has 0 unspecified atom stereocenters. The van der Waals surface area contributed by atoms with Gasteiger partial charge in [0.15, 0.2) is 0 Å². The van der Waals surface area contributed by atoms with Crippen molar-refractivity contribution in [2.75, 3.05) is 5.75 Å². The Morgan fingerprint density at radius 2 is 1.90 bits per heavy atom. The van der Waals surface area contributed by atoms with Gasteiger partial charge in [-0.15, -0.1) is 0 Å². The first-order valence-corrected chi connectivity index (χ1v) is 4.78. The third-order valence-corrected chi connectivity index (χ3v) is 1.89. The fraction of sp³-hybridized carbons (Fsp3) is 1.00. The van der Waals surface area contributed by atoms with Gasteiger partial charge in [-0.25, -0.2) is 13.6 Å². The summed E-state index contributed by atoms with van der Waals surface area (Å²) in [4.78, 5) is 0. The van der Waals surface area contributed by atoms with Gasteiger partial charge in [-0.1, -0.05) is 19.8 Å². The van der Waals surface area contributed by atoms with E-state index in [2.05, 4.69) is 0 Å². The SMILES string of the molecule is CCCCCS(N)(=O)=O.[H-].[Na+]. The van der Waals surface area contributed by atoms with Gasteiger partial charge in [0, 0.05) is 0 Å². The van der Waals surface area contributed by atoms with Crippen molar-refractivity contribution in [1.82, 2.24) is 0 Å². The van der Waals surface area contributed by atoms with Crippen molar-refractivity contribution < 1.29 is 39.4 Å². The second-order valence-electron chi connectivity index (χ2n) is 2.07. The summed E-state index contributed by atoms with van der Waals surface area (Å²) >= 11 is 0. The summed E-state index contributed by atoms with van der Waals surface area (Å²) in [6, 6.07) is 0. The number of unbranched alkanes of at least 4 members (excludes halogenated alkanes) is 2. The molecule has 10 heavy (non-hydrogen) atoms. The number of primary sulfonamides is 1. The zero-order valence-electron chi connectivity index (χ0n) is 7.63. The van der Waals surface area contributed by atoms with Gasteiger partial charge in [0.2, 0.25) is 10.0 Å². The second-order valence-corrected chi connectivity index (χ2v) is 3.81. The maximum atomic E-state index is 10.3. The molecule has 0 rings (SSSR count). The predicted molar refractivity (Wildman–Crippen MR) is 38.6 cm³/mol. The molecule has 0 spiro atoms. The van der Waals surface area contributed by atoms with Crippen LogP contribution in [0.15, 0.2) is 0 Å². The molecule has 3 nitrogen and oxygen atoms in total. The Bertz CT molecular complexity index is 160. The van der Waals surface area contributed by atoms with Crippen LogP contribution in [0.5, 0.6) is 0 Å². The molecule has 0 aliphatic carbocycles. The molecule has 0 aromatic heterocycles. The van der Waals surface area contributed by atoms with E-state index in [0.717, 1.165) is 12.8 Å². The topological polar surface area (TPSA) is 60.2 Å². The van der Waals surface area contributed by atoms with E-state index >= 15 is 0 Å². The third-order valence-electron chi connectivity index (χ3n) is 1.03. The molecular weight excluding hydrogens is 161 g/mol. The summed E-state index contributed by atoms with van der Waals surface area (Å²) < 4.78 is 20.6. The van der Waals surface area contributed by atoms with Gasteiger partial charge in [-0.05, 0) is 6.42 Å². The number of nitrogens with two attached hydrogens (primary N) is 1. The first-order chi connectivity index (χ1) is 4.06. The van der Waals surface area contributed by atoms with Gasteiger partial charge < -0.3 is 1.43 Å². The second kappa shape index (κ2) is 6.61. The maximum absolute atomic E-state index is 10.3. The number of sulfonamides is 1. The number of hydrogen-bond donors (Lipinski definition) is 1. The zero-order valence-corrected chi connectivity index (χ0v) is 9.45. The van der Waals surface area contributed by atoms with Crippen LogP contribution in [0, 0.1) is 0 Å². The van der Waals surface area contributed by atoms with Crippen LogP contribution in [0.3, 0.4) is 0 Å². The molecule has 0 aromatic carbocycles. The minimum atomic E-state index is -3.20. The van der Waals surface area contributed by atoms with Crippen LogP contribution in [0.4, 0.5) is 0 Å². The van der Waals surface area contributed by atoms with Crippen molar-refractivity contribution in [3.63, 3.8) is 0 Å². The molecular formula is C5H14NNaO2S. The fourth-order valence-electron chi connectivity index (χ4n) is 0.553. The van der Waals surface area contributed by atoms with Gasteiger partial charge in [0.05, 0.1) is 5.75 Å². The molecule has 0 radical (unpaired) electrons. The summed E-state index contributed by atoms with van der Waals surface area (Å²) in [5, 5.41) is 4.75. The molecule has 0 amide bonds. The Balaban J connectivity index is -0.000000320. The summed E-state index contributed by atoms with van der Waals surface area (Å²) in [5.41, 5.74) is 0. The molecule has 0 aliphatic rings.